The van der Waals surface area contributed by atoms with Crippen molar-refractivity contribution in [1.82, 2.24) is 26.6 Å². The van der Waals surface area contributed by atoms with Gasteiger partial charge in [0, 0.05) is 6.54 Å². The zero-order valence-electron chi connectivity index (χ0n) is 29.6. The van der Waals surface area contributed by atoms with E-state index >= 15 is 0 Å². The minimum absolute atomic E-state index is 0.00134. The highest BCUT2D eigenvalue weighted by Crippen LogP contribution is 2.08. The highest BCUT2D eigenvalue weighted by molar-refractivity contribution is 5.92. The Kier molecular flexibility index (Phi) is 21.2. The van der Waals surface area contributed by atoms with E-state index in [9.17, 15) is 28.8 Å². The van der Waals surface area contributed by atoms with E-state index in [1.807, 2.05) is 48.5 Å². The molecule has 0 aromatic heterocycles. The number of ether oxygens (including phenoxy) is 2. The Bertz CT molecular complexity index is 1380. The maximum atomic E-state index is 13.4. The standard InChI is InChI=1S/C36H54N8O8/c37-20-10-7-17-29(43-35(49)51-24-26-13-3-1-4-14-26)32(46)40-22-12-9-19-28(33(47)41-23-31(39)45)42-34(48)30(18-8-11-21-38)44-36(50)52-25-27-15-5-2-6-16-27/h1-6,13-16,28-30H,7-12,17-25,37-38H2,(H2,39,45)(H,40,46)(H,41,47)(H,42,48)(H,43,49)(H,44,50)/t28-,29-,30-/m1/s1. The quantitative estimate of drug-likeness (QED) is 0.0678. The van der Waals surface area contributed by atoms with Gasteiger partial charge in [-0.25, -0.2) is 9.59 Å². The van der Waals surface area contributed by atoms with Crippen LogP contribution in [0.5, 0.6) is 0 Å². The molecule has 2 aromatic rings. The van der Waals surface area contributed by atoms with Crippen molar-refractivity contribution in [3.8, 4) is 0 Å². The monoisotopic (exact) mass is 726 g/mol. The van der Waals surface area contributed by atoms with Gasteiger partial charge in [0.15, 0.2) is 0 Å². The summed E-state index contributed by atoms with van der Waals surface area (Å²) in [5.41, 5.74) is 18.0. The van der Waals surface area contributed by atoms with Crippen LogP contribution in [0.15, 0.2) is 60.7 Å². The van der Waals surface area contributed by atoms with Crippen LogP contribution >= 0.6 is 0 Å². The van der Waals surface area contributed by atoms with Crippen LogP contribution in [0.25, 0.3) is 0 Å². The van der Waals surface area contributed by atoms with Gasteiger partial charge >= 0.3 is 12.2 Å². The minimum atomic E-state index is -1.08. The van der Waals surface area contributed by atoms with Crippen LogP contribution in [0.4, 0.5) is 9.59 Å². The molecule has 0 aliphatic rings. The van der Waals surface area contributed by atoms with Gasteiger partial charge in [-0.15, -0.1) is 0 Å². The lowest BCUT2D eigenvalue weighted by Crippen LogP contribution is -2.54. The summed E-state index contributed by atoms with van der Waals surface area (Å²) in [7, 11) is 0. The molecule has 16 heteroatoms. The number of alkyl carbamates (subject to hydrolysis) is 2. The fraction of sp³-hybridized carbons (Fsp3) is 0.500. The normalized spacial score (nSPS) is 12.3. The molecule has 2 rings (SSSR count). The number of benzene rings is 2. The summed E-state index contributed by atoms with van der Waals surface area (Å²) < 4.78 is 10.6. The van der Waals surface area contributed by atoms with E-state index in [0.717, 1.165) is 11.1 Å². The van der Waals surface area contributed by atoms with Crippen molar-refractivity contribution >= 4 is 35.8 Å². The molecule has 11 N–H and O–H groups in total. The topological polar surface area (TPSA) is 259 Å². The van der Waals surface area contributed by atoms with Gasteiger partial charge in [-0.1, -0.05) is 60.7 Å². The number of unbranched alkanes of at least 4 members (excludes halogenated alkanes) is 3. The molecule has 0 saturated heterocycles. The molecule has 6 amide bonds. The van der Waals surface area contributed by atoms with Gasteiger partial charge in [0.25, 0.3) is 0 Å². The van der Waals surface area contributed by atoms with Crippen LogP contribution in [0, 0.1) is 0 Å². The maximum Gasteiger partial charge on any atom is 0.408 e. The van der Waals surface area contributed by atoms with Crippen LogP contribution in [-0.4, -0.2) is 80.1 Å². The second-order valence-corrected chi connectivity index (χ2v) is 12.1. The van der Waals surface area contributed by atoms with Gasteiger partial charge in [0.2, 0.25) is 23.6 Å². The first-order chi connectivity index (χ1) is 25.1. The fourth-order valence-electron chi connectivity index (χ4n) is 4.98. The molecule has 0 unspecified atom stereocenters. The van der Waals surface area contributed by atoms with E-state index in [2.05, 4.69) is 26.6 Å². The van der Waals surface area contributed by atoms with Gasteiger partial charge in [-0.05, 0) is 82.0 Å². The van der Waals surface area contributed by atoms with Crippen LogP contribution in [0.1, 0.15) is 68.9 Å². The highest BCUT2D eigenvalue weighted by atomic mass is 16.6. The Morgan fingerprint density at radius 3 is 1.42 bits per heavy atom. The van der Waals surface area contributed by atoms with E-state index in [4.69, 9.17) is 26.7 Å². The molecule has 2 aromatic carbocycles. The third-order valence-electron chi connectivity index (χ3n) is 7.83. The van der Waals surface area contributed by atoms with Gasteiger partial charge in [-0.2, -0.15) is 0 Å². The first kappa shape index (κ1) is 42.9. The lowest BCUT2D eigenvalue weighted by Gasteiger charge is -2.23. The molecule has 0 aliphatic carbocycles. The SMILES string of the molecule is NCCCC[C@@H](NC(=O)OCc1ccccc1)C(=O)NCCCC[C@@H](NC(=O)[C@@H](CCCCN)NC(=O)OCc1ccccc1)C(=O)NCC(N)=O. The summed E-state index contributed by atoms with van der Waals surface area (Å²) in [4.78, 5) is 75.8. The van der Waals surface area contributed by atoms with E-state index in [-0.39, 0.29) is 32.6 Å². The summed E-state index contributed by atoms with van der Waals surface area (Å²) in [5, 5.41) is 13.1. The molecule has 3 atom stereocenters. The lowest BCUT2D eigenvalue weighted by molar-refractivity contribution is -0.131. The van der Waals surface area contributed by atoms with Gasteiger partial charge < -0.3 is 53.3 Å². The van der Waals surface area contributed by atoms with Crippen molar-refractivity contribution in [2.75, 3.05) is 26.2 Å². The van der Waals surface area contributed by atoms with Gasteiger partial charge in [-0.3, -0.25) is 19.2 Å². The number of rotatable bonds is 25. The summed E-state index contributed by atoms with van der Waals surface area (Å²) in [6.07, 6.45) is 2.43. The molecule has 0 fully saturated rings. The molecule has 52 heavy (non-hydrogen) atoms. The average molecular weight is 727 g/mol. The Morgan fingerprint density at radius 2 is 0.962 bits per heavy atom. The number of amides is 6. The first-order valence-electron chi connectivity index (χ1n) is 17.6. The molecule has 0 bridgehead atoms. The van der Waals surface area contributed by atoms with Crippen molar-refractivity contribution in [3.63, 3.8) is 0 Å². The number of primary amides is 1. The van der Waals surface area contributed by atoms with Crippen molar-refractivity contribution in [1.29, 1.82) is 0 Å². The van der Waals surface area contributed by atoms with Crippen LogP contribution in [0.3, 0.4) is 0 Å². The number of nitrogens with one attached hydrogen (secondary N) is 5. The van der Waals surface area contributed by atoms with Crippen molar-refractivity contribution in [3.05, 3.63) is 71.8 Å². The summed E-state index contributed by atoms with van der Waals surface area (Å²) >= 11 is 0. The Labute approximate surface area is 304 Å². The van der Waals surface area contributed by atoms with Crippen molar-refractivity contribution in [2.45, 2.75) is 89.1 Å². The molecule has 0 saturated carbocycles. The largest absolute Gasteiger partial charge is 0.445 e. The highest BCUT2D eigenvalue weighted by Gasteiger charge is 2.27. The second-order valence-electron chi connectivity index (χ2n) is 12.1. The van der Waals surface area contributed by atoms with E-state index in [1.165, 1.54) is 0 Å². The number of hydrogen-bond acceptors (Lipinski definition) is 10. The number of hydrogen-bond donors (Lipinski definition) is 8. The van der Waals surface area contributed by atoms with Gasteiger partial charge in [0.05, 0.1) is 6.54 Å². The molecule has 0 radical (unpaired) electrons. The molecular formula is C36H54N8O8. The number of carbonyl (C=O) groups excluding carboxylic acids is 6. The van der Waals surface area contributed by atoms with E-state index in [1.54, 1.807) is 12.1 Å². The third-order valence-corrected chi connectivity index (χ3v) is 7.83. The summed E-state index contributed by atoms with van der Waals surface area (Å²) in [6.45, 7) is 0.675. The molecule has 286 valence electrons. The maximum absolute atomic E-state index is 13.4. The Balaban J connectivity index is 1.95. The number of nitrogens with two attached hydrogens (primary N) is 3. The summed E-state index contributed by atoms with van der Waals surface area (Å²) in [6, 6.07) is 15.2. The third kappa shape index (κ3) is 18.7. The number of carbonyl (C=O) groups is 6. The Morgan fingerprint density at radius 1 is 0.538 bits per heavy atom. The fourth-order valence-corrected chi connectivity index (χ4v) is 4.98. The predicted octanol–water partition coefficient (Wildman–Crippen LogP) is 1.21. The average Bonchev–Trinajstić information content (AvgIpc) is 3.14. The van der Waals surface area contributed by atoms with Crippen LogP contribution < -0.4 is 43.8 Å². The van der Waals surface area contributed by atoms with Crippen molar-refractivity contribution < 1.29 is 38.2 Å². The zero-order chi connectivity index (χ0) is 38.0. The molecular weight excluding hydrogens is 672 g/mol. The van der Waals surface area contributed by atoms with E-state index in [0.29, 0.717) is 58.0 Å². The zero-order valence-corrected chi connectivity index (χ0v) is 29.6. The van der Waals surface area contributed by atoms with Crippen LogP contribution in [-0.2, 0) is 41.9 Å². The smallest absolute Gasteiger partial charge is 0.408 e. The molecule has 0 aliphatic heterocycles. The summed E-state index contributed by atoms with van der Waals surface area (Å²) in [5.74, 6) is -2.42. The van der Waals surface area contributed by atoms with Crippen molar-refractivity contribution in [2.24, 2.45) is 17.2 Å². The molecule has 0 heterocycles. The lowest BCUT2D eigenvalue weighted by atomic mass is 10.1. The molecule has 0 spiro atoms. The van der Waals surface area contributed by atoms with Crippen LogP contribution in [0.2, 0.25) is 0 Å². The molecule has 16 nitrogen and oxygen atoms in total. The van der Waals surface area contributed by atoms with Gasteiger partial charge in [0.1, 0.15) is 31.3 Å². The predicted molar refractivity (Wildman–Crippen MR) is 194 cm³/mol. The Hall–Kier alpha value is -5.22. The second kappa shape index (κ2) is 25.7. The minimum Gasteiger partial charge on any atom is -0.445 e. The van der Waals surface area contributed by atoms with E-state index < -0.39 is 60.5 Å². The first-order valence-corrected chi connectivity index (χ1v) is 17.6.